The van der Waals surface area contributed by atoms with Gasteiger partial charge in [-0.3, -0.25) is 0 Å². The number of carbonyl (C=O) groups is 1. The van der Waals surface area contributed by atoms with Crippen LogP contribution in [0.1, 0.15) is 11.1 Å². The first kappa shape index (κ1) is 15.7. The highest BCUT2D eigenvalue weighted by molar-refractivity contribution is 9.10. The summed E-state index contributed by atoms with van der Waals surface area (Å²) in [5.74, 6) is -0.256. The molecule has 0 saturated carbocycles. The van der Waals surface area contributed by atoms with Gasteiger partial charge in [0.05, 0.1) is 5.56 Å². The van der Waals surface area contributed by atoms with Crippen LogP contribution in [0.15, 0.2) is 80.9 Å². The van der Waals surface area contributed by atoms with Crippen LogP contribution in [0.2, 0.25) is 0 Å². The molecule has 0 radical (unpaired) electrons. The Labute approximate surface area is 147 Å². The van der Waals surface area contributed by atoms with Crippen LogP contribution in [-0.4, -0.2) is 11.9 Å². The number of nitrogens with zero attached hydrogens (tertiary/aromatic N) is 1. The van der Waals surface area contributed by atoms with Crippen LogP contribution in [0.4, 0.5) is 0 Å². The minimum absolute atomic E-state index is 0.174. The Morgan fingerprint density at radius 3 is 2.52 bits per heavy atom. The lowest BCUT2D eigenvalue weighted by atomic mass is 10.2. The van der Waals surface area contributed by atoms with Gasteiger partial charge in [-0.25, -0.2) is 9.79 Å². The quantitative estimate of drug-likeness (QED) is 0.553. The summed E-state index contributed by atoms with van der Waals surface area (Å²) in [6.45, 7) is 0. The van der Waals surface area contributed by atoms with Gasteiger partial charge < -0.3 is 4.74 Å². The smallest absolute Gasteiger partial charge is 0.363 e. The highest BCUT2D eigenvalue weighted by Crippen LogP contribution is 2.24. The van der Waals surface area contributed by atoms with E-state index >= 15 is 0 Å². The molecule has 3 rings (SSSR count). The van der Waals surface area contributed by atoms with Crippen molar-refractivity contribution in [1.82, 2.24) is 0 Å². The van der Waals surface area contributed by atoms with E-state index in [4.69, 9.17) is 16.3 Å². The van der Waals surface area contributed by atoms with Crippen molar-refractivity contribution in [3.8, 4) is 0 Å². The van der Waals surface area contributed by atoms with Crippen molar-refractivity contribution in [1.29, 1.82) is 0 Å². The molecule has 114 valence electrons. The lowest BCUT2D eigenvalue weighted by Gasteiger charge is -2.01. The molecular formula is C18H11BrClNO2. The fraction of sp³-hybridized carbons (Fsp3) is 0. The Kier molecular flexibility index (Phi) is 4.74. The van der Waals surface area contributed by atoms with Gasteiger partial charge in [-0.15, -0.1) is 0 Å². The number of esters is 1. The van der Waals surface area contributed by atoms with Crippen LogP contribution < -0.4 is 0 Å². The Bertz CT molecular complexity index is 841. The molecule has 1 aliphatic heterocycles. The van der Waals surface area contributed by atoms with Gasteiger partial charge in [0.25, 0.3) is 0 Å². The second-order valence-corrected chi connectivity index (χ2v) is 6.05. The van der Waals surface area contributed by atoms with E-state index in [0.717, 1.165) is 10.0 Å². The normalized spacial score (nSPS) is 16.4. The summed E-state index contributed by atoms with van der Waals surface area (Å²) in [4.78, 5) is 16.2. The topological polar surface area (TPSA) is 38.7 Å². The number of aliphatic imine (C=N–C) groups is 1. The summed E-state index contributed by atoms with van der Waals surface area (Å²) in [7, 11) is 0. The summed E-state index contributed by atoms with van der Waals surface area (Å²) in [6, 6.07) is 17.0. The Morgan fingerprint density at radius 1 is 1.09 bits per heavy atom. The minimum Gasteiger partial charge on any atom is -0.402 e. The number of carbonyl (C=O) groups excluding carboxylic acids is 1. The van der Waals surface area contributed by atoms with E-state index in [0.29, 0.717) is 10.6 Å². The fourth-order valence-electron chi connectivity index (χ4n) is 2.04. The molecule has 1 aliphatic rings. The number of rotatable bonds is 3. The van der Waals surface area contributed by atoms with E-state index in [1.54, 1.807) is 6.08 Å². The summed E-state index contributed by atoms with van der Waals surface area (Å²) in [5.41, 5.74) is 1.83. The molecule has 0 spiro atoms. The molecule has 0 aromatic heterocycles. The maximum atomic E-state index is 12.0. The van der Waals surface area contributed by atoms with Gasteiger partial charge in [0.2, 0.25) is 5.90 Å². The van der Waals surface area contributed by atoms with Gasteiger partial charge >= 0.3 is 5.97 Å². The van der Waals surface area contributed by atoms with Crippen molar-refractivity contribution in [2.45, 2.75) is 0 Å². The Hall–Kier alpha value is -2.17. The zero-order valence-electron chi connectivity index (χ0n) is 11.9. The van der Waals surface area contributed by atoms with E-state index in [-0.39, 0.29) is 11.6 Å². The van der Waals surface area contributed by atoms with E-state index in [1.807, 2.05) is 54.6 Å². The van der Waals surface area contributed by atoms with Gasteiger partial charge in [-0.2, -0.15) is 0 Å². The first-order chi connectivity index (χ1) is 11.1. The Balaban J connectivity index is 1.89. The number of ether oxygens (including phenoxy) is 1. The van der Waals surface area contributed by atoms with Crippen LogP contribution >= 0.6 is 27.5 Å². The maximum absolute atomic E-state index is 12.0. The molecule has 0 amide bonds. The molecule has 5 heteroatoms. The van der Waals surface area contributed by atoms with Crippen LogP contribution in [0, 0.1) is 0 Å². The number of benzene rings is 2. The van der Waals surface area contributed by atoms with E-state index in [2.05, 4.69) is 20.9 Å². The zero-order chi connectivity index (χ0) is 16.2. The average Bonchev–Trinajstić information content (AvgIpc) is 2.89. The first-order valence-corrected chi connectivity index (χ1v) is 8.00. The van der Waals surface area contributed by atoms with Crippen molar-refractivity contribution in [3.63, 3.8) is 0 Å². The standard InChI is InChI=1S/C18H11BrClNO2/c19-15-9-5-4-8-14(15)17-21-16(18(22)23-17)11-13(20)10-12-6-2-1-3-7-12/h1-11H. The fourth-order valence-corrected chi connectivity index (χ4v) is 2.72. The number of cyclic esters (lactones) is 1. The summed E-state index contributed by atoms with van der Waals surface area (Å²) < 4.78 is 6.02. The van der Waals surface area contributed by atoms with Crippen LogP contribution in [0.25, 0.3) is 6.08 Å². The number of halogens is 2. The molecule has 3 nitrogen and oxygen atoms in total. The predicted octanol–water partition coefficient (Wildman–Crippen LogP) is 4.92. The molecule has 1 heterocycles. The lowest BCUT2D eigenvalue weighted by molar-refractivity contribution is -0.130. The number of hydrogen-bond donors (Lipinski definition) is 0. The predicted molar refractivity (Wildman–Crippen MR) is 95.1 cm³/mol. The lowest BCUT2D eigenvalue weighted by Crippen LogP contribution is -2.05. The molecule has 23 heavy (non-hydrogen) atoms. The van der Waals surface area contributed by atoms with Gasteiger partial charge in [0.15, 0.2) is 5.70 Å². The molecule has 0 atom stereocenters. The minimum atomic E-state index is -0.518. The third-order valence-electron chi connectivity index (χ3n) is 3.10. The van der Waals surface area contributed by atoms with Crippen molar-refractivity contribution in [3.05, 3.63) is 87.0 Å². The highest BCUT2D eigenvalue weighted by atomic mass is 79.9. The van der Waals surface area contributed by atoms with Crippen molar-refractivity contribution < 1.29 is 9.53 Å². The van der Waals surface area contributed by atoms with Crippen molar-refractivity contribution in [2.75, 3.05) is 0 Å². The number of hydrogen-bond acceptors (Lipinski definition) is 3. The second kappa shape index (κ2) is 6.94. The van der Waals surface area contributed by atoms with Gasteiger partial charge in [0.1, 0.15) is 0 Å². The molecule has 0 N–H and O–H groups in total. The molecule has 2 aromatic carbocycles. The van der Waals surface area contributed by atoms with E-state index < -0.39 is 5.97 Å². The third-order valence-corrected chi connectivity index (χ3v) is 4.01. The van der Waals surface area contributed by atoms with Crippen LogP contribution in [0.3, 0.4) is 0 Å². The molecule has 2 aromatic rings. The number of allylic oxidation sites excluding steroid dienone is 2. The van der Waals surface area contributed by atoms with Gasteiger partial charge in [-0.05, 0) is 45.8 Å². The molecule has 0 bridgehead atoms. The summed E-state index contributed by atoms with van der Waals surface area (Å²) in [6.07, 6.45) is 3.26. The van der Waals surface area contributed by atoms with Crippen LogP contribution in [-0.2, 0) is 9.53 Å². The summed E-state index contributed by atoms with van der Waals surface area (Å²) in [5, 5.41) is 0.403. The zero-order valence-corrected chi connectivity index (χ0v) is 14.2. The second-order valence-electron chi connectivity index (χ2n) is 4.76. The van der Waals surface area contributed by atoms with Crippen LogP contribution in [0.5, 0.6) is 0 Å². The van der Waals surface area contributed by atoms with E-state index in [1.165, 1.54) is 6.08 Å². The Morgan fingerprint density at radius 2 is 1.78 bits per heavy atom. The molecule has 0 saturated heterocycles. The maximum Gasteiger partial charge on any atom is 0.363 e. The van der Waals surface area contributed by atoms with E-state index in [9.17, 15) is 4.79 Å². The van der Waals surface area contributed by atoms with Crippen molar-refractivity contribution in [2.24, 2.45) is 4.99 Å². The molecule has 0 unspecified atom stereocenters. The third kappa shape index (κ3) is 3.78. The molecule has 0 fully saturated rings. The molecular weight excluding hydrogens is 378 g/mol. The monoisotopic (exact) mass is 387 g/mol. The highest BCUT2D eigenvalue weighted by Gasteiger charge is 2.25. The summed E-state index contributed by atoms with van der Waals surface area (Å²) >= 11 is 9.60. The average molecular weight is 389 g/mol. The SMILES string of the molecule is O=C1OC(c2ccccc2Br)=NC1=CC(Cl)=Cc1ccccc1. The van der Waals surface area contributed by atoms with Gasteiger partial charge in [0, 0.05) is 9.51 Å². The molecule has 0 aliphatic carbocycles. The van der Waals surface area contributed by atoms with Crippen molar-refractivity contribution >= 4 is 45.5 Å². The first-order valence-electron chi connectivity index (χ1n) is 6.83. The largest absolute Gasteiger partial charge is 0.402 e. The van der Waals surface area contributed by atoms with Gasteiger partial charge in [-0.1, -0.05) is 54.1 Å².